The third-order valence-electron chi connectivity index (χ3n) is 2.79. The summed E-state index contributed by atoms with van der Waals surface area (Å²) in [5.74, 6) is 0.514. The van der Waals surface area contributed by atoms with Gasteiger partial charge in [-0.15, -0.1) is 0 Å². The summed E-state index contributed by atoms with van der Waals surface area (Å²) in [5.41, 5.74) is 5.40. The Labute approximate surface area is 80.1 Å². The fourth-order valence-electron chi connectivity index (χ4n) is 1.88. The Hall–Kier alpha value is -0.570. The molecule has 0 aromatic carbocycles. The molecule has 1 aliphatic heterocycles. The maximum atomic E-state index is 11.4. The van der Waals surface area contributed by atoms with E-state index in [1.807, 2.05) is 0 Å². The summed E-state index contributed by atoms with van der Waals surface area (Å²) in [5, 5.41) is 3.01. The molecular weight excluding hydrogens is 164 g/mol. The van der Waals surface area contributed by atoms with E-state index in [1.54, 1.807) is 0 Å². The molecule has 0 bridgehead atoms. The molecule has 1 heterocycles. The number of nitrogens with one attached hydrogen (secondary N) is 1. The lowest BCUT2D eigenvalue weighted by molar-refractivity contribution is -0.122. The standard InChI is InChI=1S/C10H20N2O/c1-2-9-7-8(10(13)12-9)5-3-4-6-11/h8-9H,2-7,11H2,1H3,(H,12,13). The Morgan fingerprint density at radius 1 is 1.54 bits per heavy atom. The van der Waals surface area contributed by atoms with E-state index in [1.165, 1.54) is 0 Å². The van der Waals surface area contributed by atoms with Gasteiger partial charge >= 0.3 is 0 Å². The Kier molecular flexibility index (Phi) is 4.22. The van der Waals surface area contributed by atoms with Gasteiger partial charge in [-0.2, -0.15) is 0 Å². The van der Waals surface area contributed by atoms with Gasteiger partial charge < -0.3 is 11.1 Å². The molecule has 1 aliphatic rings. The average Bonchev–Trinajstić information content (AvgIpc) is 2.48. The lowest BCUT2D eigenvalue weighted by atomic mass is 9.97. The van der Waals surface area contributed by atoms with E-state index >= 15 is 0 Å². The normalized spacial score (nSPS) is 27.7. The van der Waals surface area contributed by atoms with Gasteiger partial charge in [0, 0.05) is 12.0 Å². The van der Waals surface area contributed by atoms with Crippen LogP contribution in [0.3, 0.4) is 0 Å². The van der Waals surface area contributed by atoms with Gasteiger partial charge in [0.25, 0.3) is 0 Å². The minimum absolute atomic E-state index is 0.254. The summed E-state index contributed by atoms with van der Waals surface area (Å²) in [6.07, 6.45) is 5.23. The van der Waals surface area contributed by atoms with Gasteiger partial charge in [0.05, 0.1) is 0 Å². The monoisotopic (exact) mass is 184 g/mol. The van der Waals surface area contributed by atoms with Gasteiger partial charge in [-0.25, -0.2) is 0 Å². The maximum absolute atomic E-state index is 11.4. The molecule has 3 heteroatoms. The van der Waals surface area contributed by atoms with E-state index in [9.17, 15) is 4.79 Å². The molecule has 0 aliphatic carbocycles. The van der Waals surface area contributed by atoms with Crippen LogP contribution in [0.5, 0.6) is 0 Å². The van der Waals surface area contributed by atoms with Crippen molar-refractivity contribution in [3.8, 4) is 0 Å². The second kappa shape index (κ2) is 5.22. The van der Waals surface area contributed by atoms with Crippen molar-refractivity contribution in [3.05, 3.63) is 0 Å². The van der Waals surface area contributed by atoms with Gasteiger partial charge in [0.1, 0.15) is 0 Å². The van der Waals surface area contributed by atoms with Crippen molar-refractivity contribution in [2.45, 2.75) is 45.1 Å². The fraction of sp³-hybridized carbons (Fsp3) is 0.900. The SMILES string of the molecule is CCC1CC(CCCCN)C(=O)N1. The zero-order valence-corrected chi connectivity index (χ0v) is 8.38. The van der Waals surface area contributed by atoms with E-state index in [4.69, 9.17) is 5.73 Å². The van der Waals surface area contributed by atoms with Gasteiger partial charge in [-0.05, 0) is 32.2 Å². The van der Waals surface area contributed by atoms with Gasteiger partial charge in [-0.1, -0.05) is 13.3 Å². The summed E-state index contributed by atoms with van der Waals surface area (Å²) in [7, 11) is 0. The molecule has 1 saturated heterocycles. The zero-order chi connectivity index (χ0) is 9.68. The van der Waals surface area contributed by atoms with Crippen LogP contribution in [0.4, 0.5) is 0 Å². The highest BCUT2D eigenvalue weighted by Gasteiger charge is 2.29. The molecule has 3 nitrogen and oxygen atoms in total. The molecule has 0 aromatic rings. The Bertz CT molecular complexity index is 170. The minimum Gasteiger partial charge on any atom is -0.353 e. The summed E-state index contributed by atoms with van der Waals surface area (Å²) in [6, 6.07) is 0.426. The van der Waals surface area contributed by atoms with Gasteiger partial charge in [0.15, 0.2) is 0 Å². The van der Waals surface area contributed by atoms with Crippen LogP contribution in [0, 0.1) is 5.92 Å². The second-order valence-corrected chi connectivity index (χ2v) is 3.83. The summed E-state index contributed by atoms with van der Waals surface area (Å²) >= 11 is 0. The minimum atomic E-state index is 0.254. The second-order valence-electron chi connectivity index (χ2n) is 3.83. The van der Waals surface area contributed by atoms with Crippen LogP contribution in [-0.4, -0.2) is 18.5 Å². The van der Waals surface area contributed by atoms with Crippen LogP contribution in [-0.2, 0) is 4.79 Å². The molecular formula is C10H20N2O. The Morgan fingerprint density at radius 2 is 2.31 bits per heavy atom. The molecule has 1 fully saturated rings. The lowest BCUT2D eigenvalue weighted by Gasteiger charge is -2.05. The number of rotatable bonds is 5. The summed E-state index contributed by atoms with van der Waals surface area (Å²) in [6.45, 7) is 2.86. The number of carbonyl (C=O) groups excluding carboxylic acids is 1. The van der Waals surface area contributed by atoms with Crippen LogP contribution in [0.2, 0.25) is 0 Å². The Morgan fingerprint density at radius 3 is 2.85 bits per heavy atom. The summed E-state index contributed by atoms with van der Waals surface area (Å²) < 4.78 is 0. The van der Waals surface area contributed by atoms with E-state index in [0.717, 1.165) is 38.6 Å². The molecule has 0 aromatic heterocycles. The highest BCUT2D eigenvalue weighted by atomic mass is 16.2. The largest absolute Gasteiger partial charge is 0.353 e. The first kappa shape index (κ1) is 10.5. The van der Waals surface area contributed by atoms with Gasteiger partial charge in [0.2, 0.25) is 5.91 Å². The number of carbonyl (C=O) groups is 1. The van der Waals surface area contributed by atoms with Crippen molar-refractivity contribution in [3.63, 3.8) is 0 Å². The number of unbranched alkanes of at least 4 members (excludes halogenated alkanes) is 1. The number of hydrogen-bond acceptors (Lipinski definition) is 2. The van der Waals surface area contributed by atoms with Crippen LogP contribution in [0.15, 0.2) is 0 Å². The maximum Gasteiger partial charge on any atom is 0.223 e. The summed E-state index contributed by atoms with van der Waals surface area (Å²) in [4.78, 5) is 11.4. The lowest BCUT2D eigenvalue weighted by Crippen LogP contribution is -2.25. The molecule has 13 heavy (non-hydrogen) atoms. The molecule has 0 saturated carbocycles. The number of nitrogens with two attached hydrogens (primary N) is 1. The quantitative estimate of drug-likeness (QED) is 0.627. The first-order chi connectivity index (χ1) is 6.27. The van der Waals surface area contributed by atoms with Crippen molar-refractivity contribution < 1.29 is 4.79 Å². The van der Waals surface area contributed by atoms with E-state index in [-0.39, 0.29) is 11.8 Å². The number of hydrogen-bond donors (Lipinski definition) is 2. The smallest absolute Gasteiger partial charge is 0.223 e. The highest BCUT2D eigenvalue weighted by Crippen LogP contribution is 2.22. The first-order valence-electron chi connectivity index (χ1n) is 5.28. The molecule has 1 rings (SSSR count). The van der Waals surface area contributed by atoms with Crippen molar-refractivity contribution in [2.24, 2.45) is 11.7 Å². The van der Waals surface area contributed by atoms with Crippen molar-refractivity contribution in [2.75, 3.05) is 6.54 Å². The predicted octanol–water partition coefficient (Wildman–Crippen LogP) is 1.03. The van der Waals surface area contributed by atoms with Crippen molar-refractivity contribution in [1.82, 2.24) is 5.32 Å². The molecule has 0 radical (unpaired) electrons. The first-order valence-corrected chi connectivity index (χ1v) is 5.28. The fourth-order valence-corrected chi connectivity index (χ4v) is 1.88. The Balaban J connectivity index is 2.23. The van der Waals surface area contributed by atoms with E-state index in [2.05, 4.69) is 12.2 Å². The molecule has 1 amide bonds. The topological polar surface area (TPSA) is 55.1 Å². The van der Waals surface area contributed by atoms with Crippen LogP contribution in [0.25, 0.3) is 0 Å². The molecule has 76 valence electrons. The van der Waals surface area contributed by atoms with Crippen LogP contribution >= 0.6 is 0 Å². The number of amides is 1. The van der Waals surface area contributed by atoms with Crippen molar-refractivity contribution in [1.29, 1.82) is 0 Å². The third kappa shape index (κ3) is 2.99. The zero-order valence-electron chi connectivity index (χ0n) is 8.38. The van der Waals surface area contributed by atoms with Crippen LogP contribution < -0.4 is 11.1 Å². The average molecular weight is 184 g/mol. The third-order valence-corrected chi connectivity index (χ3v) is 2.79. The molecule has 2 atom stereocenters. The van der Waals surface area contributed by atoms with Crippen molar-refractivity contribution >= 4 is 5.91 Å². The predicted molar refractivity (Wildman–Crippen MR) is 53.2 cm³/mol. The van der Waals surface area contributed by atoms with E-state index in [0.29, 0.717) is 6.04 Å². The van der Waals surface area contributed by atoms with Gasteiger partial charge in [-0.3, -0.25) is 4.79 Å². The molecule has 0 spiro atoms. The molecule has 2 unspecified atom stereocenters. The highest BCUT2D eigenvalue weighted by molar-refractivity contribution is 5.81. The molecule has 3 N–H and O–H groups in total. The van der Waals surface area contributed by atoms with E-state index < -0.39 is 0 Å². The van der Waals surface area contributed by atoms with Crippen LogP contribution in [0.1, 0.15) is 39.0 Å².